The van der Waals surface area contributed by atoms with E-state index in [2.05, 4.69) is 5.32 Å². The molecule has 0 aromatic heterocycles. The minimum atomic E-state index is -3.34. The molecule has 6 nitrogen and oxygen atoms in total. The Kier molecular flexibility index (Phi) is 3.92. The summed E-state index contributed by atoms with van der Waals surface area (Å²) in [4.78, 5) is 11.9. The number of hydrogen-bond acceptors (Lipinski definition) is 4. The molecule has 1 aliphatic rings. The molecule has 1 saturated heterocycles. The third-order valence-corrected chi connectivity index (χ3v) is 4.57. The molecule has 1 aliphatic heterocycles. The molecular formula is C8H16N2O4S. The maximum Gasteiger partial charge on any atom is 0.408 e. The highest BCUT2D eigenvalue weighted by molar-refractivity contribution is 7.92. The number of piperazine rings is 1. The van der Waals surface area contributed by atoms with Crippen LogP contribution < -0.4 is 5.32 Å². The smallest absolute Gasteiger partial charge is 0.408 e. The number of sulfone groups is 1. The number of nitrogens with one attached hydrogen (secondary N) is 1. The zero-order chi connectivity index (χ0) is 11.5. The van der Waals surface area contributed by atoms with Crippen LogP contribution >= 0.6 is 0 Å². The van der Waals surface area contributed by atoms with Crippen LogP contribution in [-0.2, 0) is 9.84 Å². The highest BCUT2D eigenvalue weighted by Crippen LogP contribution is 2.12. The quantitative estimate of drug-likeness (QED) is 0.704. The van der Waals surface area contributed by atoms with Gasteiger partial charge in [0.05, 0.1) is 5.75 Å². The SMILES string of the molecule is CCCS(=O)(=O)C1CNCCN1C(=O)O. The maximum absolute atomic E-state index is 11.8. The molecule has 0 aliphatic carbocycles. The Labute approximate surface area is 89.2 Å². The molecule has 0 saturated carbocycles. The van der Waals surface area contributed by atoms with Gasteiger partial charge in [-0.25, -0.2) is 13.2 Å². The Morgan fingerprint density at radius 1 is 1.60 bits per heavy atom. The van der Waals surface area contributed by atoms with Gasteiger partial charge in [0.1, 0.15) is 5.37 Å². The molecule has 0 aromatic carbocycles. The molecule has 15 heavy (non-hydrogen) atoms. The van der Waals surface area contributed by atoms with Crippen LogP contribution in [0.15, 0.2) is 0 Å². The predicted molar refractivity (Wildman–Crippen MR) is 55.5 cm³/mol. The van der Waals surface area contributed by atoms with Gasteiger partial charge in [-0.1, -0.05) is 6.92 Å². The number of carboxylic acid groups (broad SMARTS) is 1. The molecule has 0 bridgehead atoms. The Bertz CT molecular complexity index is 328. The molecule has 1 amide bonds. The standard InChI is InChI=1S/C8H16N2O4S/c1-2-5-15(13,14)7-6-9-3-4-10(7)8(11)12/h7,9H,2-6H2,1H3,(H,11,12). The summed E-state index contributed by atoms with van der Waals surface area (Å²) >= 11 is 0. The van der Waals surface area contributed by atoms with E-state index in [0.29, 0.717) is 13.0 Å². The van der Waals surface area contributed by atoms with Gasteiger partial charge in [-0.15, -0.1) is 0 Å². The molecular weight excluding hydrogens is 220 g/mol. The zero-order valence-corrected chi connectivity index (χ0v) is 9.46. The van der Waals surface area contributed by atoms with Crippen LogP contribution in [0.3, 0.4) is 0 Å². The highest BCUT2D eigenvalue weighted by atomic mass is 32.2. The Balaban J connectivity index is 2.85. The minimum absolute atomic E-state index is 0.0309. The van der Waals surface area contributed by atoms with Gasteiger partial charge in [-0.2, -0.15) is 0 Å². The molecule has 0 radical (unpaired) electrons. The Morgan fingerprint density at radius 3 is 2.80 bits per heavy atom. The molecule has 0 aromatic rings. The zero-order valence-electron chi connectivity index (χ0n) is 8.64. The fourth-order valence-electron chi connectivity index (χ4n) is 1.64. The van der Waals surface area contributed by atoms with Crippen molar-refractivity contribution in [3.05, 3.63) is 0 Å². The van der Waals surface area contributed by atoms with Crippen molar-refractivity contribution >= 4 is 15.9 Å². The van der Waals surface area contributed by atoms with Gasteiger partial charge >= 0.3 is 6.09 Å². The van der Waals surface area contributed by atoms with E-state index in [0.717, 1.165) is 4.90 Å². The van der Waals surface area contributed by atoms with E-state index in [-0.39, 0.29) is 18.8 Å². The summed E-state index contributed by atoms with van der Waals surface area (Å²) in [5, 5.41) is 10.8. The van der Waals surface area contributed by atoms with Gasteiger partial charge in [0.15, 0.2) is 9.84 Å². The van der Waals surface area contributed by atoms with Crippen LogP contribution in [0.4, 0.5) is 4.79 Å². The van der Waals surface area contributed by atoms with Crippen molar-refractivity contribution < 1.29 is 18.3 Å². The average molecular weight is 236 g/mol. The molecule has 1 fully saturated rings. The van der Waals surface area contributed by atoms with Crippen LogP contribution in [0.25, 0.3) is 0 Å². The topological polar surface area (TPSA) is 86.7 Å². The average Bonchev–Trinajstić information content (AvgIpc) is 2.17. The first-order chi connectivity index (χ1) is 6.99. The molecule has 1 atom stereocenters. The monoisotopic (exact) mass is 236 g/mol. The summed E-state index contributed by atoms with van der Waals surface area (Å²) < 4.78 is 23.5. The van der Waals surface area contributed by atoms with Crippen LogP contribution in [-0.4, -0.2) is 55.3 Å². The van der Waals surface area contributed by atoms with E-state index in [9.17, 15) is 13.2 Å². The second kappa shape index (κ2) is 4.80. The molecule has 88 valence electrons. The lowest BCUT2D eigenvalue weighted by atomic mass is 10.4. The van der Waals surface area contributed by atoms with E-state index in [1.54, 1.807) is 6.92 Å². The first-order valence-corrected chi connectivity index (χ1v) is 6.62. The van der Waals surface area contributed by atoms with Crippen molar-refractivity contribution in [2.45, 2.75) is 18.7 Å². The van der Waals surface area contributed by atoms with Crippen LogP contribution in [0.2, 0.25) is 0 Å². The molecule has 1 heterocycles. The fraction of sp³-hybridized carbons (Fsp3) is 0.875. The summed E-state index contributed by atoms with van der Waals surface area (Å²) in [7, 11) is -3.34. The Morgan fingerprint density at radius 2 is 2.27 bits per heavy atom. The number of amides is 1. The van der Waals surface area contributed by atoms with E-state index in [1.807, 2.05) is 0 Å². The number of hydrogen-bond donors (Lipinski definition) is 2. The van der Waals surface area contributed by atoms with Gasteiger partial charge in [0.2, 0.25) is 0 Å². The third kappa shape index (κ3) is 2.82. The first-order valence-electron chi connectivity index (χ1n) is 4.91. The van der Waals surface area contributed by atoms with E-state index >= 15 is 0 Å². The van der Waals surface area contributed by atoms with Gasteiger partial charge in [0.25, 0.3) is 0 Å². The summed E-state index contributed by atoms with van der Waals surface area (Å²) in [5.41, 5.74) is 0. The van der Waals surface area contributed by atoms with Crippen molar-refractivity contribution in [2.24, 2.45) is 0 Å². The summed E-state index contributed by atoms with van der Waals surface area (Å²) in [6.45, 7) is 2.68. The van der Waals surface area contributed by atoms with E-state index in [4.69, 9.17) is 5.11 Å². The molecule has 2 N–H and O–H groups in total. The summed E-state index contributed by atoms with van der Waals surface area (Å²) in [6, 6.07) is 0. The lowest BCUT2D eigenvalue weighted by molar-refractivity contribution is 0.130. The van der Waals surface area contributed by atoms with Gasteiger partial charge in [-0.3, -0.25) is 4.90 Å². The Hall–Kier alpha value is -0.820. The lowest BCUT2D eigenvalue weighted by Gasteiger charge is -2.33. The predicted octanol–water partition coefficient (Wildman–Crippen LogP) is -0.279. The second-order valence-corrected chi connectivity index (χ2v) is 5.78. The van der Waals surface area contributed by atoms with Gasteiger partial charge in [0, 0.05) is 19.6 Å². The normalized spacial score (nSPS) is 22.7. The van der Waals surface area contributed by atoms with Crippen LogP contribution in [0, 0.1) is 0 Å². The molecule has 7 heteroatoms. The van der Waals surface area contributed by atoms with Crippen LogP contribution in [0.5, 0.6) is 0 Å². The number of carbonyl (C=O) groups is 1. The fourth-order valence-corrected chi connectivity index (χ4v) is 3.44. The summed E-state index contributed by atoms with van der Waals surface area (Å²) in [6.07, 6.45) is -0.659. The van der Waals surface area contributed by atoms with Crippen molar-refractivity contribution in [2.75, 3.05) is 25.4 Å². The summed E-state index contributed by atoms with van der Waals surface area (Å²) in [5.74, 6) is 0.0309. The molecule has 1 rings (SSSR count). The van der Waals surface area contributed by atoms with Gasteiger partial charge < -0.3 is 10.4 Å². The van der Waals surface area contributed by atoms with E-state index in [1.165, 1.54) is 0 Å². The minimum Gasteiger partial charge on any atom is -0.465 e. The second-order valence-electron chi connectivity index (χ2n) is 3.50. The van der Waals surface area contributed by atoms with Crippen molar-refractivity contribution in [1.29, 1.82) is 0 Å². The number of rotatable bonds is 3. The maximum atomic E-state index is 11.8. The largest absolute Gasteiger partial charge is 0.465 e. The molecule has 1 unspecified atom stereocenters. The number of nitrogens with zero attached hydrogens (tertiary/aromatic N) is 1. The third-order valence-electron chi connectivity index (χ3n) is 2.34. The van der Waals surface area contributed by atoms with Crippen molar-refractivity contribution in [1.82, 2.24) is 10.2 Å². The lowest BCUT2D eigenvalue weighted by Crippen LogP contribution is -2.56. The first kappa shape index (κ1) is 12.3. The van der Waals surface area contributed by atoms with Crippen LogP contribution in [0.1, 0.15) is 13.3 Å². The van der Waals surface area contributed by atoms with E-state index < -0.39 is 21.3 Å². The van der Waals surface area contributed by atoms with Crippen molar-refractivity contribution in [3.8, 4) is 0 Å². The van der Waals surface area contributed by atoms with Crippen molar-refractivity contribution in [3.63, 3.8) is 0 Å². The van der Waals surface area contributed by atoms with Gasteiger partial charge in [-0.05, 0) is 6.42 Å². The molecule has 0 spiro atoms. The highest BCUT2D eigenvalue weighted by Gasteiger charge is 2.35.